The first-order valence-electron chi connectivity index (χ1n) is 6.74. The van der Waals surface area contributed by atoms with Crippen molar-refractivity contribution in [3.8, 4) is 0 Å². The number of hydrogen-bond acceptors (Lipinski definition) is 4. The highest BCUT2D eigenvalue weighted by atomic mass is 16.6. The number of nitrogens with one attached hydrogen (secondary N) is 1. The Kier molecular flexibility index (Phi) is 4.22. The normalized spacial score (nSPS) is 14.5. The van der Waals surface area contributed by atoms with Gasteiger partial charge in [0.1, 0.15) is 0 Å². The van der Waals surface area contributed by atoms with Gasteiger partial charge in [0.15, 0.2) is 0 Å². The van der Waals surface area contributed by atoms with Crippen LogP contribution in [0.25, 0.3) is 0 Å². The Morgan fingerprint density at radius 2 is 2.20 bits per heavy atom. The highest BCUT2D eigenvalue weighted by molar-refractivity contribution is 6.00. The lowest BCUT2D eigenvalue weighted by Crippen LogP contribution is -2.34. The van der Waals surface area contributed by atoms with Gasteiger partial charge >= 0.3 is 0 Å². The predicted molar refractivity (Wildman–Crippen MR) is 76.9 cm³/mol. The van der Waals surface area contributed by atoms with Crippen molar-refractivity contribution in [3.05, 3.63) is 33.9 Å². The number of amides is 1. The second-order valence-electron chi connectivity index (χ2n) is 5.22. The Bertz CT molecular complexity index is 526. The van der Waals surface area contributed by atoms with Gasteiger partial charge in [-0.2, -0.15) is 0 Å². The van der Waals surface area contributed by atoms with Crippen molar-refractivity contribution in [2.45, 2.75) is 19.3 Å². The van der Waals surface area contributed by atoms with Crippen molar-refractivity contribution >= 4 is 17.3 Å². The maximum Gasteiger partial charge on any atom is 0.270 e. The lowest BCUT2D eigenvalue weighted by molar-refractivity contribution is -0.384. The second-order valence-corrected chi connectivity index (χ2v) is 5.22. The fourth-order valence-electron chi connectivity index (χ4n) is 2.39. The van der Waals surface area contributed by atoms with Crippen molar-refractivity contribution in [2.75, 3.05) is 26.0 Å². The number of nitro groups is 1. The van der Waals surface area contributed by atoms with Crippen molar-refractivity contribution < 1.29 is 9.72 Å². The van der Waals surface area contributed by atoms with Crippen molar-refractivity contribution in [2.24, 2.45) is 5.92 Å². The first-order chi connectivity index (χ1) is 9.52. The van der Waals surface area contributed by atoms with Crippen molar-refractivity contribution in [3.63, 3.8) is 0 Å². The number of carbonyl (C=O) groups excluding carboxylic acids is 1. The molecule has 0 spiro atoms. The van der Waals surface area contributed by atoms with Gasteiger partial charge in [0, 0.05) is 38.5 Å². The number of nitrogens with zero attached hydrogens (tertiary/aromatic N) is 2. The Morgan fingerprint density at radius 1 is 1.50 bits per heavy atom. The average Bonchev–Trinajstić information content (AvgIpc) is 2.40. The van der Waals surface area contributed by atoms with Gasteiger partial charge in [0.2, 0.25) is 0 Å². The van der Waals surface area contributed by atoms with E-state index in [1.54, 1.807) is 25.1 Å². The average molecular weight is 277 g/mol. The molecule has 6 heteroatoms. The zero-order valence-electron chi connectivity index (χ0n) is 11.8. The summed E-state index contributed by atoms with van der Waals surface area (Å²) in [5.41, 5.74) is 0.897. The van der Waals surface area contributed by atoms with Crippen LogP contribution in [0, 0.1) is 16.0 Å². The quantitative estimate of drug-likeness (QED) is 0.662. The fourth-order valence-corrected chi connectivity index (χ4v) is 2.39. The van der Waals surface area contributed by atoms with E-state index >= 15 is 0 Å². The molecule has 2 rings (SSSR count). The number of anilines is 1. The monoisotopic (exact) mass is 277 g/mol. The van der Waals surface area contributed by atoms with E-state index in [2.05, 4.69) is 5.32 Å². The summed E-state index contributed by atoms with van der Waals surface area (Å²) in [4.78, 5) is 24.4. The molecule has 6 nitrogen and oxygen atoms in total. The van der Waals surface area contributed by atoms with Gasteiger partial charge in [0.25, 0.3) is 11.6 Å². The third kappa shape index (κ3) is 2.89. The number of nitro benzene ring substituents is 1. The van der Waals surface area contributed by atoms with Gasteiger partial charge in [-0.15, -0.1) is 0 Å². The van der Waals surface area contributed by atoms with Crippen LogP contribution in [0.15, 0.2) is 18.2 Å². The largest absolute Gasteiger partial charge is 0.387 e. The molecular formula is C14H19N3O3. The fraction of sp³-hybridized carbons (Fsp3) is 0.500. The number of carbonyl (C=O) groups is 1. The van der Waals surface area contributed by atoms with E-state index in [0.29, 0.717) is 23.7 Å². The Balaban J connectivity index is 2.21. The Hall–Kier alpha value is -2.11. The summed E-state index contributed by atoms with van der Waals surface area (Å²) in [7, 11) is 3.45. The summed E-state index contributed by atoms with van der Waals surface area (Å²) in [6.45, 7) is 0.713. The van der Waals surface area contributed by atoms with Crippen LogP contribution in [0.4, 0.5) is 11.4 Å². The Labute approximate surface area is 117 Å². The van der Waals surface area contributed by atoms with Crippen molar-refractivity contribution in [1.82, 2.24) is 4.90 Å². The lowest BCUT2D eigenvalue weighted by Gasteiger charge is -2.30. The number of hydrogen-bond donors (Lipinski definition) is 1. The van der Waals surface area contributed by atoms with Crippen LogP contribution in [0.5, 0.6) is 0 Å². The first-order valence-corrected chi connectivity index (χ1v) is 6.74. The van der Waals surface area contributed by atoms with Crippen LogP contribution in [0.1, 0.15) is 29.6 Å². The summed E-state index contributed by atoms with van der Waals surface area (Å²) in [5, 5.41) is 13.7. The predicted octanol–water partition coefficient (Wildman–Crippen LogP) is 2.51. The molecular weight excluding hydrogens is 258 g/mol. The van der Waals surface area contributed by atoms with Gasteiger partial charge in [-0.3, -0.25) is 14.9 Å². The third-order valence-electron chi connectivity index (χ3n) is 3.82. The van der Waals surface area contributed by atoms with Gasteiger partial charge < -0.3 is 10.2 Å². The van der Waals surface area contributed by atoms with Crippen LogP contribution in [-0.2, 0) is 0 Å². The van der Waals surface area contributed by atoms with Gasteiger partial charge in [-0.25, -0.2) is 0 Å². The summed E-state index contributed by atoms with van der Waals surface area (Å²) in [6, 6.07) is 4.31. The molecule has 0 saturated heterocycles. The van der Waals surface area contributed by atoms with Crippen LogP contribution in [-0.4, -0.2) is 36.4 Å². The molecule has 1 amide bonds. The summed E-state index contributed by atoms with van der Waals surface area (Å²) in [5.74, 6) is 0.394. The van der Waals surface area contributed by atoms with Crippen LogP contribution in [0.3, 0.4) is 0 Å². The minimum absolute atomic E-state index is 0.0654. The molecule has 0 atom stereocenters. The molecule has 0 heterocycles. The highest BCUT2D eigenvalue weighted by Crippen LogP contribution is 2.28. The minimum atomic E-state index is -0.484. The molecule has 1 fully saturated rings. The molecule has 0 bridgehead atoms. The molecule has 1 aliphatic carbocycles. The van der Waals surface area contributed by atoms with Crippen LogP contribution < -0.4 is 5.32 Å². The second kappa shape index (κ2) is 5.90. The van der Waals surface area contributed by atoms with Crippen LogP contribution >= 0.6 is 0 Å². The van der Waals surface area contributed by atoms with Gasteiger partial charge in [0.05, 0.1) is 10.5 Å². The zero-order valence-corrected chi connectivity index (χ0v) is 11.8. The van der Waals surface area contributed by atoms with Crippen LogP contribution in [0.2, 0.25) is 0 Å². The van der Waals surface area contributed by atoms with E-state index in [1.165, 1.54) is 18.6 Å². The van der Waals surface area contributed by atoms with E-state index in [-0.39, 0.29) is 11.6 Å². The molecule has 1 aromatic carbocycles. The Morgan fingerprint density at radius 3 is 2.70 bits per heavy atom. The number of benzene rings is 1. The number of non-ortho nitro benzene ring substituents is 1. The van der Waals surface area contributed by atoms with Crippen molar-refractivity contribution in [1.29, 1.82) is 0 Å². The van der Waals surface area contributed by atoms with E-state index < -0.39 is 4.92 Å². The standard InChI is InChI=1S/C14H19N3O3/c1-15-13-7-6-11(17(19)20)8-12(13)14(18)16(2)9-10-4-3-5-10/h6-8,10,15H,3-5,9H2,1-2H3. The summed E-state index contributed by atoms with van der Waals surface area (Å²) >= 11 is 0. The molecule has 1 aromatic rings. The molecule has 0 aromatic heterocycles. The van der Waals surface area contributed by atoms with E-state index in [4.69, 9.17) is 0 Å². The van der Waals surface area contributed by atoms with E-state index in [0.717, 1.165) is 12.8 Å². The maximum atomic E-state index is 12.4. The molecule has 1 aliphatic rings. The smallest absolute Gasteiger partial charge is 0.270 e. The maximum absolute atomic E-state index is 12.4. The number of rotatable bonds is 5. The SMILES string of the molecule is CNc1ccc([N+](=O)[O-])cc1C(=O)N(C)CC1CCC1. The minimum Gasteiger partial charge on any atom is -0.387 e. The summed E-state index contributed by atoms with van der Waals surface area (Å²) in [6.07, 6.45) is 3.54. The van der Waals surface area contributed by atoms with Gasteiger partial charge in [-0.1, -0.05) is 6.42 Å². The molecule has 20 heavy (non-hydrogen) atoms. The van der Waals surface area contributed by atoms with Gasteiger partial charge in [-0.05, 0) is 24.8 Å². The molecule has 0 aliphatic heterocycles. The molecule has 0 radical (unpaired) electrons. The summed E-state index contributed by atoms with van der Waals surface area (Å²) < 4.78 is 0. The third-order valence-corrected chi connectivity index (χ3v) is 3.82. The molecule has 108 valence electrons. The first kappa shape index (κ1) is 14.3. The van der Waals surface area contributed by atoms with E-state index in [9.17, 15) is 14.9 Å². The molecule has 0 unspecified atom stereocenters. The lowest BCUT2D eigenvalue weighted by atomic mass is 9.85. The van der Waals surface area contributed by atoms with E-state index in [1.807, 2.05) is 0 Å². The molecule has 1 saturated carbocycles. The highest BCUT2D eigenvalue weighted by Gasteiger charge is 2.24. The topological polar surface area (TPSA) is 75.5 Å². The zero-order chi connectivity index (χ0) is 14.7. The molecule has 1 N–H and O–H groups in total.